The average molecular weight is 353 g/mol. The lowest BCUT2D eigenvalue weighted by atomic mass is 10.2. The second kappa shape index (κ2) is 8.15. The Kier molecular flexibility index (Phi) is 5.48. The first kappa shape index (κ1) is 17.5. The number of amides is 1. The highest BCUT2D eigenvalue weighted by Gasteiger charge is 2.10. The van der Waals surface area contributed by atoms with Gasteiger partial charge in [-0.3, -0.25) is 14.2 Å². The summed E-state index contributed by atoms with van der Waals surface area (Å²) in [5.41, 5.74) is -0.625. The third kappa shape index (κ3) is 4.18. The minimum absolute atomic E-state index is 0.321. The van der Waals surface area contributed by atoms with Crippen molar-refractivity contribution < 1.29 is 9.53 Å². The minimum atomic E-state index is -0.601. The predicted octanol–water partition coefficient (Wildman–Crippen LogP) is 1.28. The molecule has 2 aromatic carbocycles. The molecule has 3 rings (SSSR count). The fraction of sp³-hybridized carbons (Fsp3) is 0.211. The second-order valence-electron chi connectivity index (χ2n) is 5.73. The molecule has 0 saturated heterocycles. The Labute approximate surface area is 149 Å². The molecule has 1 aromatic heterocycles. The number of nitrogens with zero attached hydrogens (tertiary/aromatic N) is 1. The van der Waals surface area contributed by atoms with Crippen LogP contribution in [0.15, 0.2) is 64.2 Å². The van der Waals surface area contributed by atoms with Crippen LogP contribution >= 0.6 is 0 Å². The molecule has 7 heteroatoms. The summed E-state index contributed by atoms with van der Waals surface area (Å²) < 4.78 is 6.43. The number of carbonyl (C=O) groups is 1. The molecule has 2 N–H and O–H groups in total. The van der Waals surface area contributed by atoms with E-state index in [4.69, 9.17) is 4.74 Å². The average Bonchev–Trinajstić information content (AvgIpc) is 2.66. The largest absolute Gasteiger partial charge is 0.494 e. The van der Waals surface area contributed by atoms with Gasteiger partial charge in [0.1, 0.15) is 12.3 Å². The number of nitrogens with one attached hydrogen (secondary N) is 2. The molecule has 0 aliphatic carbocycles. The van der Waals surface area contributed by atoms with Crippen molar-refractivity contribution in [1.29, 1.82) is 0 Å². The Morgan fingerprint density at radius 2 is 1.77 bits per heavy atom. The van der Waals surface area contributed by atoms with Crippen LogP contribution in [-0.2, 0) is 11.3 Å². The van der Waals surface area contributed by atoms with Gasteiger partial charge in [-0.15, -0.1) is 0 Å². The lowest BCUT2D eigenvalue weighted by Gasteiger charge is -2.09. The fourth-order valence-electron chi connectivity index (χ4n) is 2.55. The first-order valence-corrected chi connectivity index (χ1v) is 8.31. The second-order valence-corrected chi connectivity index (χ2v) is 5.73. The first-order chi connectivity index (χ1) is 12.6. The summed E-state index contributed by atoms with van der Waals surface area (Å²) in [5, 5.41) is 3.06. The van der Waals surface area contributed by atoms with Gasteiger partial charge in [0.15, 0.2) is 0 Å². The van der Waals surface area contributed by atoms with Gasteiger partial charge in [-0.05, 0) is 30.7 Å². The van der Waals surface area contributed by atoms with Crippen LogP contribution in [0.3, 0.4) is 0 Å². The zero-order valence-corrected chi connectivity index (χ0v) is 14.1. The topological polar surface area (TPSA) is 93.2 Å². The molecule has 0 unspecified atom stereocenters. The SMILES string of the molecule is O=C(Cn1c(=O)[nH]c2ccccc2c1=O)NCCCOc1ccccc1. The van der Waals surface area contributed by atoms with Crippen molar-refractivity contribution in [1.82, 2.24) is 14.9 Å². The fourth-order valence-corrected chi connectivity index (χ4v) is 2.55. The summed E-state index contributed by atoms with van der Waals surface area (Å²) in [6.45, 7) is 0.533. The lowest BCUT2D eigenvalue weighted by molar-refractivity contribution is -0.121. The molecule has 7 nitrogen and oxygen atoms in total. The number of para-hydroxylation sites is 2. The summed E-state index contributed by atoms with van der Waals surface area (Å²) in [4.78, 5) is 39.0. The Morgan fingerprint density at radius 3 is 2.58 bits per heavy atom. The maximum atomic E-state index is 12.4. The lowest BCUT2D eigenvalue weighted by Crippen LogP contribution is -2.40. The normalized spacial score (nSPS) is 10.6. The first-order valence-electron chi connectivity index (χ1n) is 8.31. The molecule has 0 saturated carbocycles. The van der Waals surface area contributed by atoms with Crippen molar-refractivity contribution in [3.05, 3.63) is 75.4 Å². The van der Waals surface area contributed by atoms with Crippen LogP contribution in [0, 0.1) is 0 Å². The van der Waals surface area contributed by atoms with Crippen molar-refractivity contribution in [3.8, 4) is 5.75 Å². The number of rotatable bonds is 7. The smallest absolute Gasteiger partial charge is 0.329 e. The summed E-state index contributed by atoms with van der Waals surface area (Å²) in [6, 6.07) is 16.1. The van der Waals surface area contributed by atoms with E-state index >= 15 is 0 Å². The number of hydrogen-bond donors (Lipinski definition) is 2. The Balaban J connectivity index is 1.53. The van der Waals surface area contributed by atoms with Gasteiger partial charge in [0.05, 0.1) is 17.5 Å². The van der Waals surface area contributed by atoms with Gasteiger partial charge < -0.3 is 15.0 Å². The van der Waals surface area contributed by atoms with Gasteiger partial charge in [-0.25, -0.2) is 4.79 Å². The van der Waals surface area contributed by atoms with E-state index in [2.05, 4.69) is 10.3 Å². The van der Waals surface area contributed by atoms with E-state index < -0.39 is 17.2 Å². The standard InChI is InChI=1S/C19H19N3O4/c23-17(20-11-6-12-26-14-7-2-1-3-8-14)13-22-18(24)15-9-4-5-10-16(15)21-19(22)25/h1-5,7-10H,6,11-13H2,(H,20,23)(H,21,25). The van der Waals surface area contributed by atoms with Gasteiger partial charge in [-0.2, -0.15) is 0 Å². The molecular weight excluding hydrogens is 334 g/mol. The monoisotopic (exact) mass is 353 g/mol. The molecule has 0 bridgehead atoms. The van der Waals surface area contributed by atoms with Crippen LogP contribution < -0.4 is 21.3 Å². The van der Waals surface area contributed by atoms with E-state index in [0.29, 0.717) is 30.5 Å². The number of hydrogen-bond acceptors (Lipinski definition) is 4. The molecule has 0 radical (unpaired) electrons. The summed E-state index contributed by atoms with van der Waals surface area (Å²) >= 11 is 0. The van der Waals surface area contributed by atoms with Crippen LogP contribution in [0.2, 0.25) is 0 Å². The number of ether oxygens (including phenoxy) is 1. The number of benzene rings is 2. The van der Waals surface area contributed by atoms with E-state index in [-0.39, 0.29) is 6.54 Å². The van der Waals surface area contributed by atoms with Crippen LogP contribution in [0.5, 0.6) is 5.75 Å². The Bertz CT molecular complexity index is 1010. The Morgan fingerprint density at radius 1 is 1.04 bits per heavy atom. The highest BCUT2D eigenvalue weighted by Crippen LogP contribution is 2.08. The Hall–Kier alpha value is -3.35. The van der Waals surface area contributed by atoms with E-state index in [1.807, 2.05) is 30.3 Å². The van der Waals surface area contributed by atoms with Crippen LogP contribution in [0.25, 0.3) is 10.9 Å². The maximum Gasteiger partial charge on any atom is 0.329 e. The molecule has 3 aromatic rings. The molecule has 0 spiro atoms. The van der Waals surface area contributed by atoms with Gasteiger partial charge in [0.2, 0.25) is 5.91 Å². The molecule has 0 aliphatic rings. The third-order valence-corrected chi connectivity index (χ3v) is 3.85. The predicted molar refractivity (Wildman–Crippen MR) is 98.4 cm³/mol. The molecule has 134 valence electrons. The number of aromatic nitrogens is 2. The van der Waals surface area contributed by atoms with E-state index in [1.165, 1.54) is 0 Å². The molecule has 0 aliphatic heterocycles. The van der Waals surface area contributed by atoms with Crippen molar-refractivity contribution in [2.45, 2.75) is 13.0 Å². The zero-order chi connectivity index (χ0) is 18.4. The molecule has 1 heterocycles. The van der Waals surface area contributed by atoms with E-state index in [9.17, 15) is 14.4 Å². The van der Waals surface area contributed by atoms with Gasteiger partial charge >= 0.3 is 5.69 Å². The number of H-pyrrole nitrogens is 1. The number of fused-ring (bicyclic) bond motifs is 1. The maximum absolute atomic E-state index is 12.4. The van der Waals surface area contributed by atoms with Gasteiger partial charge in [-0.1, -0.05) is 30.3 Å². The van der Waals surface area contributed by atoms with Crippen molar-refractivity contribution in [2.75, 3.05) is 13.2 Å². The quantitative estimate of drug-likeness (QED) is 0.626. The van der Waals surface area contributed by atoms with Crippen LogP contribution in [0.4, 0.5) is 0 Å². The molecule has 26 heavy (non-hydrogen) atoms. The van der Waals surface area contributed by atoms with Gasteiger partial charge in [0.25, 0.3) is 5.56 Å². The molecular formula is C19H19N3O4. The highest BCUT2D eigenvalue weighted by molar-refractivity contribution is 5.78. The van der Waals surface area contributed by atoms with Crippen molar-refractivity contribution in [3.63, 3.8) is 0 Å². The van der Waals surface area contributed by atoms with Crippen molar-refractivity contribution in [2.24, 2.45) is 0 Å². The van der Waals surface area contributed by atoms with Crippen LogP contribution in [-0.4, -0.2) is 28.6 Å². The highest BCUT2D eigenvalue weighted by atomic mass is 16.5. The summed E-state index contributed by atoms with van der Waals surface area (Å²) in [7, 11) is 0. The van der Waals surface area contributed by atoms with Gasteiger partial charge in [0, 0.05) is 6.54 Å². The zero-order valence-electron chi connectivity index (χ0n) is 14.1. The summed E-state index contributed by atoms with van der Waals surface area (Å²) in [5.74, 6) is 0.376. The van der Waals surface area contributed by atoms with E-state index in [0.717, 1.165) is 10.3 Å². The van der Waals surface area contributed by atoms with E-state index in [1.54, 1.807) is 24.3 Å². The molecule has 0 atom stereocenters. The number of carbonyl (C=O) groups excluding carboxylic acids is 1. The molecule has 1 amide bonds. The minimum Gasteiger partial charge on any atom is -0.494 e. The number of aromatic amines is 1. The van der Waals surface area contributed by atoms with Crippen LogP contribution in [0.1, 0.15) is 6.42 Å². The summed E-state index contributed by atoms with van der Waals surface area (Å²) in [6.07, 6.45) is 0.615. The molecule has 0 fully saturated rings. The third-order valence-electron chi connectivity index (χ3n) is 3.85. The van der Waals surface area contributed by atoms with Crippen molar-refractivity contribution >= 4 is 16.8 Å².